The van der Waals surface area contributed by atoms with E-state index in [9.17, 15) is 13.2 Å². The standard InChI is InChI=1S/C8H10F3NO/c1-2-6(12)7-3-5(4-13-7)8(9,10)11/h3-4,6H,2,12H2,1H3/t6-/m0/s1. The van der Waals surface area contributed by atoms with Gasteiger partial charge >= 0.3 is 6.18 Å². The molecule has 0 aliphatic carbocycles. The second kappa shape index (κ2) is 3.41. The van der Waals surface area contributed by atoms with E-state index in [4.69, 9.17) is 10.2 Å². The van der Waals surface area contributed by atoms with E-state index in [0.29, 0.717) is 12.7 Å². The van der Waals surface area contributed by atoms with Crippen molar-refractivity contribution >= 4 is 0 Å². The van der Waals surface area contributed by atoms with E-state index in [-0.39, 0.29) is 5.76 Å². The Labute approximate surface area is 73.5 Å². The lowest BCUT2D eigenvalue weighted by Gasteiger charge is -2.03. The molecule has 0 amide bonds. The minimum absolute atomic E-state index is 0.176. The lowest BCUT2D eigenvalue weighted by atomic mass is 10.2. The second-order valence-electron chi connectivity index (χ2n) is 2.75. The fraction of sp³-hybridized carbons (Fsp3) is 0.500. The number of halogens is 3. The van der Waals surface area contributed by atoms with Gasteiger partial charge in [-0.3, -0.25) is 0 Å². The van der Waals surface area contributed by atoms with E-state index in [1.54, 1.807) is 6.92 Å². The Bertz CT molecular complexity index is 279. The van der Waals surface area contributed by atoms with E-state index >= 15 is 0 Å². The van der Waals surface area contributed by atoms with E-state index in [1.807, 2.05) is 0 Å². The predicted octanol–water partition coefficient (Wildman–Crippen LogP) is 2.71. The highest BCUT2D eigenvalue weighted by atomic mass is 19.4. The minimum atomic E-state index is -4.35. The Morgan fingerprint density at radius 1 is 1.54 bits per heavy atom. The van der Waals surface area contributed by atoms with Crippen molar-refractivity contribution in [2.75, 3.05) is 0 Å². The first-order valence-corrected chi connectivity index (χ1v) is 3.86. The van der Waals surface area contributed by atoms with Gasteiger partial charge in [0.05, 0.1) is 11.6 Å². The summed E-state index contributed by atoms with van der Waals surface area (Å²) >= 11 is 0. The van der Waals surface area contributed by atoms with Gasteiger partial charge in [0.1, 0.15) is 12.0 Å². The van der Waals surface area contributed by atoms with E-state index < -0.39 is 17.8 Å². The third kappa shape index (κ3) is 2.24. The van der Waals surface area contributed by atoms with Gasteiger partial charge in [0.25, 0.3) is 0 Å². The third-order valence-corrected chi connectivity index (χ3v) is 1.75. The lowest BCUT2D eigenvalue weighted by Crippen LogP contribution is -2.07. The van der Waals surface area contributed by atoms with Crippen LogP contribution >= 0.6 is 0 Å². The Balaban J connectivity index is 2.87. The van der Waals surface area contributed by atoms with Gasteiger partial charge in [-0.25, -0.2) is 0 Å². The van der Waals surface area contributed by atoms with Crippen molar-refractivity contribution in [2.24, 2.45) is 5.73 Å². The van der Waals surface area contributed by atoms with Crippen LogP contribution in [0.3, 0.4) is 0 Å². The van der Waals surface area contributed by atoms with Crippen LogP contribution in [-0.2, 0) is 6.18 Å². The maximum atomic E-state index is 12.1. The van der Waals surface area contributed by atoms with Gasteiger partial charge in [0, 0.05) is 0 Å². The highest BCUT2D eigenvalue weighted by Crippen LogP contribution is 2.32. The maximum Gasteiger partial charge on any atom is 0.419 e. The van der Waals surface area contributed by atoms with Crippen LogP contribution in [-0.4, -0.2) is 0 Å². The summed E-state index contributed by atoms with van der Waals surface area (Å²) in [5, 5.41) is 0. The molecular weight excluding hydrogens is 183 g/mol. The highest BCUT2D eigenvalue weighted by Gasteiger charge is 2.33. The summed E-state index contributed by atoms with van der Waals surface area (Å²) in [6.45, 7) is 1.78. The molecule has 74 valence electrons. The van der Waals surface area contributed by atoms with Crippen LogP contribution in [0.2, 0.25) is 0 Å². The molecule has 0 radical (unpaired) electrons. The molecule has 0 bridgehead atoms. The molecule has 0 aliphatic rings. The minimum Gasteiger partial charge on any atom is -0.467 e. The average Bonchev–Trinajstić information content (AvgIpc) is 2.50. The Morgan fingerprint density at radius 2 is 2.15 bits per heavy atom. The Morgan fingerprint density at radius 3 is 2.54 bits per heavy atom. The van der Waals surface area contributed by atoms with Gasteiger partial charge in [0.2, 0.25) is 0 Å². The van der Waals surface area contributed by atoms with Crippen molar-refractivity contribution in [1.82, 2.24) is 0 Å². The summed E-state index contributed by atoms with van der Waals surface area (Å²) in [7, 11) is 0. The zero-order valence-electron chi connectivity index (χ0n) is 7.06. The van der Waals surface area contributed by atoms with Gasteiger partial charge in [0.15, 0.2) is 0 Å². The summed E-state index contributed by atoms with van der Waals surface area (Å²) in [4.78, 5) is 0. The van der Waals surface area contributed by atoms with Crippen molar-refractivity contribution < 1.29 is 17.6 Å². The van der Waals surface area contributed by atoms with Crippen LogP contribution in [0.25, 0.3) is 0 Å². The molecule has 0 saturated heterocycles. The summed E-state index contributed by atoms with van der Waals surface area (Å²) < 4.78 is 40.9. The van der Waals surface area contributed by atoms with Gasteiger partial charge in [-0.15, -0.1) is 0 Å². The summed E-state index contributed by atoms with van der Waals surface area (Å²) in [6, 6.07) is 0.477. The number of alkyl halides is 3. The molecule has 0 fully saturated rings. The first-order chi connectivity index (χ1) is 5.95. The van der Waals surface area contributed by atoms with Crippen molar-refractivity contribution in [3.8, 4) is 0 Å². The molecule has 5 heteroatoms. The molecule has 0 spiro atoms. The molecule has 2 N–H and O–H groups in total. The van der Waals surface area contributed by atoms with Crippen LogP contribution in [0, 0.1) is 0 Å². The summed E-state index contributed by atoms with van der Waals surface area (Å²) in [5.74, 6) is 0.176. The van der Waals surface area contributed by atoms with Crippen molar-refractivity contribution in [3.63, 3.8) is 0 Å². The van der Waals surface area contributed by atoms with E-state index in [2.05, 4.69) is 0 Å². The molecule has 1 heterocycles. The van der Waals surface area contributed by atoms with Gasteiger partial charge in [-0.1, -0.05) is 6.92 Å². The molecular formula is C8H10F3NO. The number of hydrogen-bond donors (Lipinski definition) is 1. The highest BCUT2D eigenvalue weighted by molar-refractivity contribution is 5.18. The number of rotatable bonds is 2. The molecule has 0 saturated carbocycles. The summed E-state index contributed by atoms with van der Waals surface area (Å²) in [5.41, 5.74) is 4.70. The number of nitrogens with two attached hydrogens (primary N) is 1. The van der Waals surface area contributed by atoms with Crippen LogP contribution < -0.4 is 5.73 Å². The van der Waals surface area contributed by atoms with Gasteiger partial charge in [-0.05, 0) is 12.5 Å². The first kappa shape index (κ1) is 10.1. The largest absolute Gasteiger partial charge is 0.467 e. The SMILES string of the molecule is CC[C@H](N)c1cc(C(F)(F)F)co1. The van der Waals surface area contributed by atoms with Crippen LogP contribution in [0.15, 0.2) is 16.7 Å². The topological polar surface area (TPSA) is 39.2 Å². The average molecular weight is 193 g/mol. The van der Waals surface area contributed by atoms with E-state index in [1.165, 1.54) is 0 Å². The fourth-order valence-electron chi connectivity index (χ4n) is 0.897. The normalized spacial score (nSPS) is 14.5. The van der Waals surface area contributed by atoms with Crippen molar-refractivity contribution in [2.45, 2.75) is 25.6 Å². The molecule has 0 aromatic carbocycles. The smallest absolute Gasteiger partial charge is 0.419 e. The fourth-order valence-corrected chi connectivity index (χ4v) is 0.897. The molecule has 0 unspecified atom stereocenters. The molecule has 1 aromatic rings. The molecule has 1 rings (SSSR count). The van der Waals surface area contributed by atoms with E-state index in [0.717, 1.165) is 6.07 Å². The summed E-state index contributed by atoms with van der Waals surface area (Å²) in [6.07, 6.45) is -3.12. The Hall–Kier alpha value is -0.970. The quantitative estimate of drug-likeness (QED) is 0.784. The molecule has 13 heavy (non-hydrogen) atoms. The zero-order valence-corrected chi connectivity index (χ0v) is 7.06. The van der Waals surface area contributed by atoms with Crippen LogP contribution in [0.1, 0.15) is 30.7 Å². The molecule has 1 atom stereocenters. The maximum absolute atomic E-state index is 12.1. The molecule has 1 aromatic heterocycles. The number of hydrogen-bond acceptors (Lipinski definition) is 2. The second-order valence-corrected chi connectivity index (χ2v) is 2.75. The van der Waals surface area contributed by atoms with Crippen LogP contribution in [0.5, 0.6) is 0 Å². The van der Waals surface area contributed by atoms with Gasteiger partial charge < -0.3 is 10.2 Å². The van der Waals surface area contributed by atoms with Crippen molar-refractivity contribution in [3.05, 3.63) is 23.7 Å². The molecule has 0 aliphatic heterocycles. The zero-order chi connectivity index (χ0) is 10.1. The monoisotopic (exact) mass is 193 g/mol. The molecule has 2 nitrogen and oxygen atoms in total. The third-order valence-electron chi connectivity index (χ3n) is 1.75. The van der Waals surface area contributed by atoms with Gasteiger partial charge in [-0.2, -0.15) is 13.2 Å². The lowest BCUT2D eigenvalue weighted by molar-refractivity contribution is -0.137. The van der Waals surface area contributed by atoms with Crippen LogP contribution in [0.4, 0.5) is 13.2 Å². The predicted molar refractivity (Wildman–Crippen MR) is 40.9 cm³/mol. The first-order valence-electron chi connectivity index (χ1n) is 3.86. The van der Waals surface area contributed by atoms with Crippen molar-refractivity contribution in [1.29, 1.82) is 0 Å². The Kier molecular flexibility index (Phi) is 2.66. The number of furan rings is 1.